The zero-order chi connectivity index (χ0) is 15.7. The Balaban J connectivity index is 1.88. The maximum Gasteiger partial charge on any atom is 0.236 e. The van der Waals surface area contributed by atoms with Crippen molar-refractivity contribution in [3.63, 3.8) is 0 Å². The molecule has 2 aromatic rings. The van der Waals surface area contributed by atoms with Crippen LogP contribution in [-0.2, 0) is 17.8 Å². The van der Waals surface area contributed by atoms with Crippen LogP contribution in [0.4, 0.5) is 0 Å². The van der Waals surface area contributed by atoms with Crippen molar-refractivity contribution in [1.82, 2.24) is 10.1 Å². The highest BCUT2D eigenvalue weighted by atomic mass is 79.9. The first-order chi connectivity index (χ1) is 10.6. The molecule has 0 spiro atoms. The van der Waals surface area contributed by atoms with Crippen molar-refractivity contribution in [2.75, 3.05) is 6.54 Å². The molecule has 0 bridgehead atoms. The van der Waals surface area contributed by atoms with E-state index in [1.165, 1.54) is 0 Å². The molecular formula is C16H16BrClN2O2. The zero-order valence-corrected chi connectivity index (χ0v) is 14.5. The highest BCUT2D eigenvalue weighted by molar-refractivity contribution is 9.10. The van der Waals surface area contributed by atoms with Crippen molar-refractivity contribution in [2.45, 2.75) is 31.1 Å². The highest BCUT2D eigenvalue weighted by Crippen LogP contribution is 2.31. The molecule has 0 N–H and O–H groups in total. The number of aromatic nitrogens is 1. The molecule has 0 saturated heterocycles. The van der Waals surface area contributed by atoms with E-state index in [4.69, 9.17) is 16.1 Å². The van der Waals surface area contributed by atoms with Gasteiger partial charge in [0.2, 0.25) is 5.91 Å². The van der Waals surface area contributed by atoms with E-state index in [1.807, 2.05) is 36.1 Å². The molecule has 1 unspecified atom stereocenters. The van der Waals surface area contributed by atoms with Gasteiger partial charge in [-0.15, -0.1) is 0 Å². The Bertz CT molecular complexity index is 684. The van der Waals surface area contributed by atoms with Gasteiger partial charge in [0.15, 0.2) is 5.76 Å². The van der Waals surface area contributed by atoms with Crippen LogP contribution < -0.4 is 0 Å². The Hall–Kier alpha value is -1.33. The molecular weight excluding hydrogens is 368 g/mol. The van der Waals surface area contributed by atoms with E-state index < -0.39 is 0 Å². The summed E-state index contributed by atoms with van der Waals surface area (Å²) in [5, 5.41) is 4.84. The first-order valence-electron chi connectivity index (χ1n) is 7.26. The van der Waals surface area contributed by atoms with Crippen molar-refractivity contribution in [2.24, 2.45) is 0 Å². The number of amides is 1. The first kappa shape index (κ1) is 15.6. The molecule has 1 aromatic carbocycles. The van der Waals surface area contributed by atoms with Crippen LogP contribution in [0.3, 0.4) is 0 Å². The molecule has 6 heteroatoms. The SMILES string of the molecule is CCC(Br)C(=O)N1CCc2noc(-c3ccc(Cl)cc3)c2C1. The minimum Gasteiger partial charge on any atom is -0.356 e. The number of alkyl halides is 1. The van der Waals surface area contributed by atoms with Gasteiger partial charge in [-0.2, -0.15) is 0 Å². The number of carbonyl (C=O) groups excluding carboxylic acids is 1. The van der Waals surface area contributed by atoms with Gasteiger partial charge in [-0.25, -0.2) is 0 Å². The molecule has 22 heavy (non-hydrogen) atoms. The fraction of sp³-hybridized carbons (Fsp3) is 0.375. The van der Waals surface area contributed by atoms with Crippen LogP contribution in [0.25, 0.3) is 11.3 Å². The van der Waals surface area contributed by atoms with E-state index in [1.54, 1.807) is 0 Å². The lowest BCUT2D eigenvalue weighted by Gasteiger charge is -2.28. The molecule has 2 heterocycles. The van der Waals surface area contributed by atoms with E-state index in [-0.39, 0.29) is 10.7 Å². The Morgan fingerprint density at radius 1 is 1.45 bits per heavy atom. The number of rotatable bonds is 3. The summed E-state index contributed by atoms with van der Waals surface area (Å²) in [4.78, 5) is 14.1. The second-order valence-electron chi connectivity index (χ2n) is 5.33. The predicted octanol–water partition coefficient (Wildman–Crippen LogP) is 4.05. The van der Waals surface area contributed by atoms with Crippen molar-refractivity contribution in [3.05, 3.63) is 40.5 Å². The van der Waals surface area contributed by atoms with Crippen LogP contribution in [0.15, 0.2) is 28.8 Å². The van der Waals surface area contributed by atoms with Crippen molar-refractivity contribution < 1.29 is 9.32 Å². The minimum atomic E-state index is -0.132. The van der Waals surface area contributed by atoms with Gasteiger partial charge in [0.05, 0.1) is 17.1 Å². The third-order valence-electron chi connectivity index (χ3n) is 3.88. The van der Waals surface area contributed by atoms with Crippen molar-refractivity contribution >= 4 is 33.4 Å². The largest absolute Gasteiger partial charge is 0.356 e. The Kier molecular flexibility index (Phi) is 4.54. The summed E-state index contributed by atoms with van der Waals surface area (Å²) >= 11 is 9.36. The minimum absolute atomic E-state index is 0.122. The number of hydrogen-bond donors (Lipinski definition) is 0. The van der Waals surface area contributed by atoms with Gasteiger partial charge in [0.25, 0.3) is 0 Å². The molecule has 1 aliphatic heterocycles. The average molecular weight is 384 g/mol. The van der Waals surface area contributed by atoms with Crippen LogP contribution in [-0.4, -0.2) is 27.3 Å². The average Bonchev–Trinajstić information content (AvgIpc) is 2.97. The third-order valence-corrected chi connectivity index (χ3v) is 5.17. The van der Waals surface area contributed by atoms with Crippen LogP contribution in [0, 0.1) is 0 Å². The summed E-state index contributed by atoms with van der Waals surface area (Å²) in [6.45, 7) is 3.21. The molecule has 1 aromatic heterocycles. The van der Waals surface area contributed by atoms with Crippen molar-refractivity contribution in [1.29, 1.82) is 0 Å². The highest BCUT2D eigenvalue weighted by Gasteiger charge is 2.29. The second-order valence-corrected chi connectivity index (χ2v) is 6.87. The Morgan fingerprint density at radius 3 is 2.86 bits per heavy atom. The van der Waals surface area contributed by atoms with Gasteiger partial charge in [0, 0.05) is 29.1 Å². The van der Waals surface area contributed by atoms with Crippen LogP contribution >= 0.6 is 27.5 Å². The van der Waals surface area contributed by atoms with Gasteiger partial charge in [-0.3, -0.25) is 4.79 Å². The van der Waals surface area contributed by atoms with E-state index in [9.17, 15) is 4.79 Å². The summed E-state index contributed by atoms with van der Waals surface area (Å²) in [5.74, 6) is 0.850. The molecule has 1 amide bonds. The summed E-state index contributed by atoms with van der Waals surface area (Å²) < 4.78 is 5.52. The molecule has 4 nitrogen and oxygen atoms in total. The topological polar surface area (TPSA) is 46.3 Å². The number of fused-ring (bicyclic) bond motifs is 1. The van der Waals surface area contributed by atoms with Gasteiger partial charge >= 0.3 is 0 Å². The fourth-order valence-corrected chi connectivity index (χ4v) is 3.02. The quantitative estimate of drug-likeness (QED) is 0.751. The van der Waals surface area contributed by atoms with Crippen LogP contribution in [0.1, 0.15) is 24.6 Å². The summed E-state index contributed by atoms with van der Waals surface area (Å²) in [7, 11) is 0. The van der Waals surface area contributed by atoms with Gasteiger partial charge in [0.1, 0.15) is 0 Å². The Labute approximate surface area is 142 Å². The molecule has 0 saturated carbocycles. The Morgan fingerprint density at radius 2 is 2.18 bits per heavy atom. The molecule has 1 aliphatic rings. The molecule has 116 valence electrons. The van der Waals surface area contributed by atoms with Crippen molar-refractivity contribution in [3.8, 4) is 11.3 Å². The van der Waals surface area contributed by atoms with Gasteiger partial charge < -0.3 is 9.42 Å². The molecule has 0 radical (unpaired) electrons. The van der Waals surface area contributed by atoms with E-state index in [2.05, 4.69) is 21.1 Å². The zero-order valence-electron chi connectivity index (χ0n) is 12.2. The second kappa shape index (κ2) is 6.42. The van der Waals surface area contributed by atoms with Crippen LogP contribution in [0.5, 0.6) is 0 Å². The number of carbonyl (C=O) groups is 1. The molecule has 3 rings (SSSR count). The third kappa shape index (κ3) is 2.92. The number of benzene rings is 1. The molecule has 0 aliphatic carbocycles. The maximum atomic E-state index is 12.4. The van der Waals surface area contributed by atoms with Gasteiger partial charge in [-0.1, -0.05) is 39.6 Å². The maximum absolute atomic E-state index is 12.4. The van der Waals surface area contributed by atoms with E-state index >= 15 is 0 Å². The number of hydrogen-bond acceptors (Lipinski definition) is 3. The summed E-state index contributed by atoms with van der Waals surface area (Å²) in [5.41, 5.74) is 2.87. The molecule has 1 atom stereocenters. The lowest BCUT2D eigenvalue weighted by atomic mass is 10.0. The van der Waals surface area contributed by atoms with E-state index in [0.29, 0.717) is 18.1 Å². The normalized spacial score (nSPS) is 15.5. The predicted molar refractivity (Wildman–Crippen MR) is 89.1 cm³/mol. The number of halogens is 2. The monoisotopic (exact) mass is 382 g/mol. The summed E-state index contributed by atoms with van der Waals surface area (Å²) in [6, 6.07) is 7.46. The van der Waals surface area contributed by atoms with Gasteiger partial charge in [-0.05, 0) is 30.7 Å². The van der Waals surface area contributed by atoms with Crippen LogP contribution in [0.2, 0.25) is 5.02 Å². The summed E-state index contributed by atoms with van der Waals surface area (Å²) in [6.07, 6.45) is 1.50. The standard InChI is InChI=1S/C16H16BrClN2O2/c1-2-13(17)16(21)20-8-7-14-12(9-20)15(22-19-14)10-3-5-11(18)6-4-10/h3-6,13H,2,7-9H2,1H3. The lowest BCUT2D eigenvalue weighted by Crippen LogP contribution is -2.40. The number of nitrogens with zero attached hydrogens (tertiary/aromatic N) is 2. The fourth-order valence-electron chi connectivity index (χ4n) is 2.60. The van der Waals surface area contributed by atoms with E-state index in [0.717, 1.165) is 35.4 Å². The smallest absolute Gasteiger partial charge is 0.236 e. The first-order valence-corrected chi connectivity index (χ1v) is 8.55. The molecule has 0 fully saturated rings. The lowest BCUT2D eigenvalue weighted by molar-refractivity contribution is -0.131.